The molecule has 0 fully saturated rings. The van der Waals surface area contributed by atoms with Crippen molar-refractivity contribution in [2.24, 2.45) is 10.2 Å². The van der Waals surface area contributed by atoms with E-state index in [1.54, 1.807) is 0 Å². The summed E-state index contributed by atoms with van der Waals surface area (Å²) in [5, 5.41) is 18.2. The van der Waals surface area contributed by atoms with Crippen LogP contribution in [0, 0.1) is 6.92 Å². The molecule has 0 atom stereocenters. The minimum absolute atomic E-state index is 0.114. The summed E-state index contributed by atoms with van der Waals surface area (Å²) in [6.07, 6.45) is 0.945. The number of aromatic amines is 1. The van der Waals surface area contributed by atoms with Crippen LogP contribution in [0.5, 0.6) is 11.6 Å². The van der Waals surface area contributed by atoms with Gasteiger partial charge in [0.2, 0.25) is 5.88 Å². The minimum atomic E-state index is -0.527. The molecule has 0 bridgehead atoms. The van der Waals surface area contributed by atoms with E-state index in [2.05, 4.69) is 22.1 Å². The molecule has 2 aromatic carbocycles. The summed E-state index contributed by atoms with van der Waals surface area (Å²) in [6, 6.07) is 13.1. The number of hydrogen-bond acceptors (Lipinski definition) is 4. The third-order valence-corrected chi connectivity index (χ3v) is 3.95. The van der Waals surface area contributed by atoms with Gasteiger partial charge in [0, 0.05) is 5.39 Å². The van der Waals surface area contributed by atoms with Gasteiger partial charge in [-0.3, -0.25) is 4.79 Å². The molecule has 1 amide bonds. The highest BCUT2D eigenvalue weighted by Gasteiger charge is 2.12. The molecule has 2 N–H and O–H groups in total. The van der Waals surface area contributed by atoms with Gasteiger partial charge in [0.25, 0.3) is 0 Å². The summed E-state index contributed by atoms with van der Waals surface area (Å²) in [6.45, 7) is 3.78. The molecule has 25 heavy (non-hydrogen) atoms. The number of aromatic hydroxyl groups is 1. The first-order chi connectivity index (χ1) is 12.1. The highest BCUT2D eigenvalue weighted by Crippen LogP contribution is 2.36. The molecule has 0 aliphatic carbocycles. The fourth-order valence-electron chi connectivity index (χ4n) is 2.54. The summed E-state index contributed by atoms with van der Waals surface area (Å²) >= 11 is 0. The number of rotatable bonds is 5. The summed E-state index contributed by atoms with van der Waals surface area (Å²) < 4.78 is 5.40. The number of nitrogens with one attached hydrogen (secondary N) is 1. The molecule has 0 aliphatic heterocycles. The van der Waals surface area contributed by atoms with E-state index in [0.29, 0.717) is 11.1 Å². The first kappa shape index (κ1) is 16.7. The third kappa shape index (κ3) is 3.68. The Morgan fingerprint density at radius 3 is 2.68 bits per heavy atom. The fourth-order valence-corrected chi connectivity index (χ4v) is 2.54. The van der Waals surface area contributed by atoms with E-state index < -0.39 is 5.91 Å². The standard InChI is InChI=1S/C19H19N3O3/c1-3-13-7-9-14(10-8-13)25-11-16(23)21-22-18-15-6-4-5-12(2)17(15)20-19(18)24/h4-10,20,24H,3,11H2,1-2H3. The van der Waals surface area contributed by atoms with E-state index in [-0.39, 0.29) is 18.2 Å². The maximum Gasteiger partial charge on any atom is 0.302 e. The quantitative estimate of drug-likeness (QED) is 0.675. The molecular weight excluding hydrogens is 318 g/mol. The van der Waals surface area contributed by atoms with Crippen molar-refractivity contribution in [3.63, 3.8) is 0 Å². The van der Waals surface area contributed by atoms with Crippen LogP contribution in [-0.4, -0.2) is 22.6 Å². The van der Waals surface area contributed by atoms with Crippen LogP contribution in [0.3, 0.4) is 0 Å². The van der Waals surface area contributed by atoms with E-state index in [1.807, 2.05) is 49.4 Å². The van der Waals surface area contributed by atoms with E-state index in [4.69, 9.17) is 4.74 Å². The number of amides is 1. The number of H-pyrrole nitrogens is 1. The molecule has 0 unspecified atom stereocenters. The predicted octanol–water partition coefficient (Wildman–Crippen LogP) is 4.43. The molecule has 3 aromatic rings. The SMILES string of the molecule is CCc1ccc(OCC(=O)N=Nc2c(O)[nH]c3c(C)cccc23)cc1. The van der Waals surface area contributed by atoms with Crippen molar-refractivity contribution < 1.29 is 14.6 Å². The first-order valence-corrected chi connectivity index (χ1v) is 8.05. The highest BCUT2D eigenvalue weighted by atomic mass is 16.5. The monoisotopic (exact) mass is 337 g/mol. The Labute approximate surface area is 145 Å². The minimum Gasteiger partial charge on any atom is -0.493 e. The topological polar surface area (TPSA) is 87.0 Å². The molecule has 1 heterocycles. The fraction of sp³-hybridized carbons (Fsp3) is 0.211. The number of para-hydroxylation sites is 1. The number of azo groups is 1. The summed E-state index contributed by atoms with van der Waals surface area (Å²) in [5.41, 5.74) is 3.19. The van der Waals surface area contributed by atoms with Crippen LogP contribution < -0.4 is 4.74 Å². The Kier molecular flexibility index (Phi) is 4.79. The van der Waals surface area contributed by atoms with Crippen molar-refractivity contribution in [2.75, 3.05) is 6.61 Å². The van der Waals surface area contributed by atoms with Crippen molar-refractivity contribution in [1.82, 2.24) is 4.98 Å². The molecule has 1 aromatic heterocycles. The van der Waals surface area contributed by atoms with Gasteiger partial charge in [-0.05, 0) is 36.6 Å². The van der Waals surface area contributed by atoms with Crippen LogP contribution in [0.4, 0.5) is 5.69 Å². The third-order valence-electron chi connectivity index (χ3n) is 3.95. The molecule has 0 saturated heterocycles. The van der Waals surface area contributed by atoms with Gasteiger partial charge in [-0.25, -0.2) is 0 Å². The highest BCUT2D eigenvalue weighted by molar-refractivity contribution is 5.96. The van der Waals surface area contributed by atoms with Crippen LogP contribution in [0.25, 0.3) is 10.9 Å². The number of carbonyl (C=O) groups is 1. The lowest BCUT2D eigenvalue weighted by atomic mass is 10.1. The first-order valence-electron chi connectivity index (χ1n) is 8.05. The summed E-state index contributed by atoms with van der Waals surface area (Å²) in [4.78, 5) is 14.7. The zero-order valence-electron chi connectivity index (χ0n) is 14.1. The molecular formula is C19H19N3O3. The van der Waals surface area contributed by atoms with Gasteiger partial charge in [-0.2, -0.15) is 0 Å². The molecule has 6 heteroatoms. The largest absolute Gasteiger partial charge is 0.493 e. The number of nitrogens with zero attached hydrogens (tertiary/aromatic N) is 2. The molecule has 0 spiro atoms. The Bertz CT molecular complexity index is 927. The maximum absolute atomic E-state index is 11.9. The van der Waals surface area contributed by atoms with Crippen LogP contribution in [-0.2, 0) is 11.2 Å². The van der Waals surface area contributed by atoms with Crippen molar-refractivity contribution in [3.05, 3.63) is 53.6 Å². The molecule has 0 radical (unpaired) electrons. The lowest BCUT2D eigenvalue weighted by molar-refractivity contribution is -0.120. The number of benzene rings is 2. The van der Waals surface area contributed by atoms with Gasteiger partial charge in [0.1, 0.15) is 5.75 Å². The van der Waals surface area contributed by atoms with Gasteiger partial charge in [-0.15, -0.1) is 10.2 Å². The lowest BCUT2D eigenvalue weighted by Gasteiger charge is -2.03. The van der Waals surface area contributed by atoms with Crippen LogP contribution in [0.15, 0.2) is 52.7 Å². The van der Waals surface area contributed by atoms with E-state index in [9.17, 15) is 9.90 Å². The number of aryl methyl sites for hydroxylation is 2. The normalized spacial score (nSPS) is 11.3. The zero-order valence-corrected chi connectivity index (χ0v) is 14.1. The second-order valence-corrected chi connectivity index (χ2v) is 5.70. The Morgan fingerprint density at radius 2 is 1.96 bits per heavy atom. The van der Waals surface area contributed by atoms with Crippen molar-refractivity contribution in [1.29, 1.82) is 0 Å². The Balaban J connectivity index is 1.68. The smallest absolute Gasteiger partial charge is 0.302 e. The van der Waals surface area contributed by atoms with Gasteiger partial charge in [0.15, 0.2) is 12.3 Å². The van der Waals surface area contributed by atoms with E-state index in [1.165, 1.54) is 5.56 Å². The number of fused-ring (bicyclic) bond motifs is 1. The van der Waals surface area contributed by atoms with Gasteiger partial charge < -0.3 is 14.8 Å². The summed E-state index contributed by atoms with van der Waals surface area (Å²) in [7, 11) is 0. The zero-order chi connectivity index (χ0) is 17.8. The average Bonchev–Trinajstić information content (AvgIpc) is 2.95. The predicted molar refractivity (Wildman–Crippen MR) is 95.5 cm³/mol. The summed E-state index contributed by atoms with van der Waals surface area (Å²) in [5.74, 6) is -0.0378. The lowest BCUT2D eigenvalue weighted by Crippen LogP contribution is -2.07. The van der Waals surface area contributed by atoms with E-state index >= 15 is 0 Å². The van der Waals surface area contributed by atoms with Crippen molar-refractivity contribution >= 4 is 22.5 Å². The van der Waals surface area contributed by atoms with E-state index in [0.717, 1.165) is 17.5 Å². The number of hydrogen-bond donors (Lipinski definition) is 2. The number of aromatic nitrogens is 1. The van der Waals surface area contributed by atoms with Crippen LogP contribution >= 0.6 is 0 Å². The van der Waals surface area contributed by atoms with Crippen molar-refractivity contribution in [3.8, 4) is 11.6 Å². The van der Waals surface area contributed by atoms with Crippen molar-refractivity contribution in [2.45, 2.75) is 20.3 Å². The van der Waals surface area contributed by atoms with Gasteiger partial charge in [0.05, 0.1) is 5.52 Å². The maximum atomic E-state index is 11.9. The molecule has 6 nitrogen and oxygen atoms in total. The van der Waals surface area contributed by atoms with Gasteiger partial charge >= 0.3 is 5.91 Å². The molecule has 3 rings (SSSR count). The van der Waals surface area contributed by atoms with Gasteiger partial charge in [-0.1, -0.05) is 37.3 Å². The second-order valence-electron chi connectivity index (χ2n) is 5.70. The molecule has 128 valence electrons. The average molecular weight is 337 g/mol. The van der Waals surface area contributed by atoms with Crippen LogP contribution in [0.2, 0.25) is 0 Å². The second kappa shape index (κ2) is 7.17. The Morgan fingerprint density at radius 1 is 1.20 bits per heavy atom. The molecule has 0 aliphatic rings. The van der Waals surface area contributed by atoms with Crippen LogP contribution in [0.1, 0.15) is 18.1 Å². The number of ether oxygens (including phenoxy) is 1. The Hall–Kier alpha value is -3.15. The number of carbonyl (C=O) groups excluding carboxylic acids is 1. The molecule has 0 saturated carbocycles.